The standard InChI is InChI=1S/C131H83B2N7O/c1-7-25-84(26-8-1)92-51-63-104(64-52-92)137-118-71-59-98(88-33-15-5-16-34-88)75-112(118)132-114-77-100(61-73-119(114)138(105-65-53-93(54-66-105)85-27-9-2-10-28-85)123-80-102(79-122(137)127(123)132)117-83-134-129-110-39-21-19-37-108(110)109-38-20-22-40-111(109)130(129)135-117)96-47-43-90(44-48-96)91-45-49-97(50-46-91)101-62-74-121-115(78-101)133-113-76-99(89-35-17-6-18-36-89)60-72-120(113)139(106-67-55-94(56-68-106)86-29-11-3-12-30-86)124-81-103(131-136-116-41-23-24-42-126(116)141-131)82-125(128(124)133)140(121)107-69-57-95(58-70-107)87-31-13-4-14-32-87/h1-83H. The lowest BCUT2D eigenvalue weighted by molar-refractivity contribution is 0.620. The summed E-state index contributed by atoms with van der Waals surface area (Å²) >= 11 is 0. The fourth-order valence-electron chi connectivity index (χ4n) is 22.6. The van der Waals surface area contributed by atoms with E-state index in [9.17, 15) is 0 Å². The molecule has 0 N–H and O–H groups in total. The number of aromatic nitrogens is 3. The zero-order chi connectivity index (χ0) is 92.7. The molecule has 0 saturated heterocycles. The minimum atomic E-state index is -0.237. The van der Waals surface area contributed by atoms with Crippen molar-refractivity contribution in [2.75, 3.05) is 19.6 Å². The van der Waals surface area contributed by atoms with Gasteiger partial charge in [-0.15, -0.1) is 0 Å². The molecule has 654 valence electrons. The van der Waals surface area contributed by atoms with Gasteiger partial charge in [-0.2, -0.15) is 0 Å². The van der Waals surface area contributed by atoms with Crippen molar-refractivity contribution < 1.29 is 4.42 Å². The number of benzene rings is 22. The van der Waals surface area contributed by atoms with E-state index in [1.807, 2.05) is 30.5 Å². The van der Waals surface area contributed by atoms with Crippen molar-refractivity contribution in [3.63, 3.8) is 0 Å². The molecule has 0 atom stereocenters. The van der Waals surface area contributed by atoms with Crippen molar-refractivity contribution in [3.05, 3.63) is 504 Å². The van der Waals surface area contributed by atoms with Crippen molar-refractivity contribution in [1.29, 1.82) is 0 Å². The van der Waals surface area contributed by atoms with E-state index in [-0.39, 0.29) is 13.4 Å². The van der Waals surface area contributed by atoms with Crippen LogP contribution < -0.4 is 52.4 Å². The van der Waals surface area contributed by atoms with E-state index in [0.717, 1.165) is 229 Å². The van der Waals surface area contributed by atoms with Gasteiger partial charge in [0.15, 0.2) is 5.58 Å². The molecular weight excluding hydrogens is 1710 g/mol. The molecule has 28 rings (SSSR count). The number of nitrogens with zero attached hydrogens (tertiary/aromatic N) is 7. The van der Waals surface area contributed by atoms with Crippen molar-refractivity contribution in [2.45, 2.75) is 0 Å². The van der Waals surface area contributed by atoms with Crippen molar-refractivity contribution >= 4 is 158 Å². The molecule has 0 fully saturated rings. The minimum Gasteiger partial charge on any atom is -0.436 e. The molecule has 141 heavy (non-hydrogen) atoms. The van der Waals surface area contributed by atoms with Gasteiger partial charge in [0.05, 0.1) is 22.9 Å². The Hall–Kier alpha value is -18.5. The number of fused-ring (bicyclic) bond motifs is 15. The molecular formula is C131H83B2N7O. The summed E-state index contributed by atoms with van der Waals surface area (Å²) < 4.78 is 6.82. The second-order valence-electron chi connectivity index (χ2n) is 37.2. The normalized spacial score (nSPS) is 12.6. The number of anilines is 12. The van der Waals surface area contributed by atoms with Crippen molar-refractivity contribution in [2.24, 2.45) is 0 Å². The van der Waals surface area contributed by atoms with Crippen molar-refractivity contribution in [1.82, 2.24) is 15.0 Å². The van der Waals surface area contributed by atoms with Crippen molar-refractivity contribution in [3.8, 4) is 123 Å². The average molecular weight is 1790 g/mol. The van der Waals surface area contributed by atoms with Gasteiger partial charge in [-0.3, -0.25) is 4.98 Å². The quantitative estimate of drug-likeness (QED) is 0.0743. The molecule has 0 unspecified atom stereocenters. The highest BCUT2D eigenvalue weighted by Gasteiger charge is 2.47. The zero-order valence-corrected chi connectivity index (χ0v) is 76.6. The molecule has 0 amide bonds. The van der Waals surface area contributed by atoms with E-state index in [2.05, 4.69) is 493 Å². The van der Waals surface area contributed by atoms with Gasteiger partial charge in [0.2, 0.25) is 5.89 Å². The molecule has 24 aromatic rings. The molecule has 0 spiro atoms. The molecule has 22 aromatic carbocycles. The molecule has 6 heterocycles. The Bertz CT molecular complexity index is 8960. The van der Waals surface area contributed by atoms with E-state index in [0.29, 0.717) is 5.89 Å². The molecule has 10 heteroatoms. The summed E-state index contributed by atoms with van der Waals surface area (Å²) in [5.41, 5.74) is 46.5. The van der Waals surface area contributed by atoms with Gasteiger partial charge < -0.3 is 24.0 Å². The van der Waals surface area contributed by atoms with Crippen LogP contribution in [0.3, 0.4) is 0 Å². The number of para-hydroxylation sites is 2. The van der Waals surface area contributed by atoms with Gasteiger partial charge in [-0.1, -0.05) is 388 Å². The molecule has 0 aliphatic carbocycles. The zero-order valence-electron chi connectivity index (χ0n) is 76.6. The molecule has 4 aliphatic rings. The van der Waals surface area contributed by atoms with E-state index in [1.165, 1.54) is 32.8 Å². The third kappa shape index (κ3) is 13.7. The fourth-order valence-corrected chi connectivity index (χ4v) is 22.6. The molecule has 0 saturated carbocycles. The Balaban J connectivity index is 0.583. The third-order valence-electron chi connectivity index (χ3n) is 29.3. The van der Waals surface area contributed by atoms with Gasteiger partial charge in [0, 0.05) is 90.1 Å². The second kappa shape index (κ2) is 33.2. The van der Waals surface area contributed by atoms with Gasteiger partial charge >= 0.3 is 0 Å². The van der Waals surface area contributed by atoms with Gasteiger partial charge in [0.1, 0.15) is 5.52 Å². The SMILES string of the molecule is c1ccc(-c2ccc(N3c4ccc(-c5ccccc5)cc4B4c5cc(-c6ccc(-c7ccc(-c8ccc9c(c8)B8c%10cc(-c%11ccccc%11)ccc%10N(c%10ccc(-c%11ccccc%11)cc%10)c%10cc(-c%11nc%12ccccc%12o%11)cc(c%108)N9c8ccc(-c9ccccc9)cc8)cc7)cc6)ccc5N(c5ccc(-c6ccccc6)cc5)c5cc(-c6cnc7c8ccccc8c8ccccc8c7n6)cc3c54)cc2)cc1. The number of hydrogen-bond acceptors (Lipinski definition) is 8. The second-order valence-corrected chi connectivity index (χ2v) is 37.2. The summed E-state index contributed by atoms with van der Waals surface area (Å²) in [6.45, 7) is -0.460. The Morgan fingerprint density at radius 3 is 0.752 bits per heavy atom. The van der Waals surface area contributed by atoms with Crippen LogP contribution in [0.25, 0.3) is 167 Å². The van der Waals surface area contributed by atoms with Crippen LogP contribution in [0.1, 0.15) is 0 Å². The lowest BCUT2D eigenvalue weighted by atomic mass is 9.33. The predicted octanol–water partition coefficient (Wildman–Crippen LogP) is 30.6. The van der Waals surface area contributed by atoms with Gasteiger partial charge in [-0.25, -0.2) is 9.97 Å². The van der Waals surface area contributed by atoms with Crippen LogP contribution in [-0.2, 0) is 0 Å². The highest BCUT2D eigenvalue weighted by atomic mass is 16.3. The Kier molecular flexibility index (Phi) is 19.1. The van der Waals surface area contributed by atoms with E-state index >= 15 is 0 Å². The number of hydrogen-bond donors (Lipinski definition) is 0. The largest absolute Gasteiger partial charge is 0.436 e. The number of oxazole rings is 1. The van der Waals surface area contributed by atoms with E-state index < -0.39 is 0 Å². The fraction of sp³-hybridized carbons (Fsp3) is 0. The molecule has 2 aromatic heterocycles. The van der Waals surface area contributed by atoms with Crippen LogP contribution >= 0.6 is 0 Å². The monoisotopic (exact) mass is 1790 g/mol. The van der Waals surface area contributed by atoms with Gasteiger partial charge in [0.25, 0.3) is 13.4 Å². The van der Waals surface area contributed by atoms with Crippen LogP contribution in [-0.4, -0.2) is 28.4 Å². The summed E-state index contributed by atoms with van der Waals surface area (Å²) in [5.74, 6) is 0.558. The highest BCUT2D eigenvalue weighted by molar-refractivity contribution is 7.01. The smallest absolute Gasteiger partial charge is 0.252 e. The van der Waals surface area contributed by atoms with Gasteiger partial charge in [-0.05, 0) is 253 Å². The third-order valence-corrected chi connectivity index (χ3v) is 29.3. The molecule has 8 nitrogen and oxygen atoms in total. The summed E-state index contributed by atoms with van der Waals surface area (Å²) in [5, 5.41) is 4.46. The van der Waals surface area contributed by atoms with Crippen LogP contribution in [0.15, 0.2) is 508 Å². The molecule has 0 bridgehead atoms. The van der Waals surface area contributed by atoms with Crippen LogP contribution in [0.4, 0.5) is 68.2 Å². The molecule has 0 radical (unpaired) electrons. The maximum atomic E-state index is 6.82. The summed E-state index contributed by atoms with van der Waals surface area (Å²) in [7, 11) is 0. The highest BCUT2D eigenvalue weighted by Crippen LogP contribution is 2.52. The minimum absolute atomic E-state index is 0.223. The maximum Gasteiger partial charge on any atom is 0.252 e. The lowest BCUT2D eigenvalue weighted by Crippen LogP contribution is -2.61. The Labute approximate surface area is 817 Å². The lowest BCUT2D eigenvalue weighted by Gasteiger charge is -2.44. The summed E-state index contributed by atoms with van der Waals surface area (Å²) in [4.78, 5) is 26.5. The predicted molar refractivity (Wildman–Crippen MR) is 590 cm³/mol. The van der Waals surface area contributed by atoms with Crippen LogP contribution in [0.5, 0.6) is 0 Å². The van der Waals surface area contributed by atoms with Crippen LogP contribution in [0, 0.1) is 0 Å². The van der Waals surface area contributed by atoms with E-state index in [4.69, 9.17) is 19.4 Å². The maximum absolute atomic E-state index is 6.82. The first kappa shape index (κ1) is 80.9. The first-order chi connectivity index (χ1) is 69.9. The molecule has 4 aliphatic heterocycles. The first-order valence-corrected chi connectivity index (χ1v) is 48.4. The van der Waals surface area contributed by atoms with Crippen LogP contribution in [0.2, 0.25) is 0 Å². The summed E-state index contributed by atoms with van der Waals surface area (Å²) in [6, 6.07) is 183. The Morgan fingerprint density at radius 1 is 0.184 bits per heavy atom. The number of rotatable bonds is 15. The average Bonchev–Trinajstić information content (AvgIpc) is 0.773. The Morgan fingerprint density at radius 2 is 0.433 bits per heavy atom. The summed E-state index contributed by atoms with van der Waals surface area (Å²) in [6.07, 6.45) is 2.00. The van der Waals surface area contributed by atoms with E-state index in [1.54, 1.807) is 0 Å². The topological polar surface area (TPSA) is 64.8 Å². The first-order valence-electron chi connectivity index (χ1n) is 48.4.